The average Bonchev–Trinajstić information content (AvgIpc) is 2.72. The molecule has 1 unspecified atom stereocenters. The monoisotopic (exact) mass is 275 g/mol. The zero-order chi connectivity index (χ0) is 15.6. The molecule has 2 saturated carbocycles. The number of hydrogen-bond donors (Lipinski definition) is 0. The van der Waals surface area contributed by atoms with Crippen molar-refractivity contribution in [2.24, 2.45) is 16.7 Å². The molecule has 3 nitrogen and oxygen atoms in total. The van der Waals surface area contributed by atoms with E-state index in [4.69, 9.17) is 10.00 Å². The number of rotatable bonds is 2. The lowest BCUT2D eigenvalue weighted by Crippen LogP contribution is -2.38. The molecule has 110 valence electrons. The van der Waals surface area contributed by atoms with Gasteiger partial charge in [0.15, 0.2) is 0 Å². The van der Waals surface area contributed by atoms with E-state index in [-0.39, 0.29) is 17.5 Å². The highest BCUT2D eigenvalue weighted by molar-refractivity contribution is 5.81. The van der Waals surface area contributed by atoms with Crippen molar-refractivity contribution in [3.05, 3.63) is 24.8 Å². The van der Waals surface area contributed by atoms with E-state index in [9.17, 15) is 4.79 Å². The topological polar surface area (TPSA) is 50.1 Å². The van der Waals surface area contributed by atoms with Crippen LogP contribution in [0.15, 0.2) is 24.8 Å². The van der Waals surface area contributed by atoms with Gasteiger partial charge in [0, 0.05) is 17.1 Å². The lowest BCUT2D eigenvalue weighted by molar-refractivity contribution is -0.150. The Labute approximate surface area is 122 Å². The summed E-state index contributed by atoms with van der Waals surface area (Å²) in [5.41, 5.74) is 1.03. The Morgan fingerprint density at radius 2 is 2.00 bits per heavy atom. The molecule has 0 aromatic carbocycles. The van der Waals surface area contributed by atoms with E-state index in [0.29, 0.717) is 16.9 Å². The highest BCUT2D eigenvalue weighted by atomic mass is 16.5. The van der Waals surface area contributed by atoms with E-state index in [0.717, 1.165) is 6.42 Å². The Kier molecular flexibility index (Phi) is 4.81. The molecule has 2 aliphatic rings. The van der Waals surface area contributed by atoms with E-state index in [1.807, 2.05) is 6.07 Å². The molecular weight excluding hydrogens is 250 g/mol. The molecule has 0 saturated heterocycles. The largest absolute Gasteiger partial charge is 0.459 e. The molecule has 2 bridgehead atoms. The predicted octanol–water partition coefficient (Wildman–Crippen LogP) is 4.02. The maximum atomic E-state index is 11.3. The molecule has 2 aliphatic carbocycles. The molecular formula is C17H25NO2. The van der Waals surface area contributed by atoms with E-state index < -0.39 is 0 Å². The molecule has 0 amide bonds. The van der Waals surface area contributed by atoms with Gasteiger partial charge in [0.1, 0.15) is 6.10 Å². The fourth-order valence-electron chi connectivity index (χ4n) is 3.50. The number of nitrogens with zero attached hydrogens (tertiary/aromatic N) is 1. The molecule has 0 radical (unpaired) electrons. The fourth-order valence-corrected chi connectivity index (χ4v) is 3.50. The maximum Gasteiger partial charge on any atom is 0.330 e. The van der Waals surface area contributed by atoms with Crippen LogP contribution in [-0.2, 0) is 9.53 Å². The Morgan fingerprint density at radius 1 is 1.45 bits per heavy atom. The van der Waals surface area contributed by atoms with Crippen molar-refractivity contribution < 1.29 is 9.53 Å². The zero-order valence-corrected chi connectivity index (χ0v) is 13.0. The van der Waals surface area contributed by atoms with E-state index in [1.54, 1.807) is 6.92 Å². The summed E-state index contributed by atoms with van der Waals surface area (Å²) < 4.78 is 5.48. The third-order valence-electron chi connectivity index (χ3n) is 5.33. The first-order valence-electron chi connectivity index (χ1n) is 7.07. The van der Waals surface area contributed by atoms with Crippen LogP contribution in [0.1, 0.15) is 47.0 Å². The van der Waals surface area contributed by atoms with E-state index >= 15 is 0 Å². The van der Waals surface area contributed by atoms with Crippen LogP contribution in [0.5, 0.6) is 0 Å². The van der Waals surface area contributed by atoms with Crippen molar-refractivity contribution in [1.29, 1.82) is 5.26 Å². The normalized spacial score (nSPS) is 32.5. The van der Waals surface area contributed by atoms with Crippen molar-refractivity contribution in [3.8, 4) is 6.07 Å². The molecule has 3 atom stereocenters. The van der Waals surface area contributed by atoms with Gasteiger partial charge < -0.3 is 4.74 Å². The van der Waals surface area contributed by atoms with Gasteiger partial charge in [0.25, 0.3) is 0 Å². The summed E-state index contributed by atoms with van der Waals surface area (Å²) in [7, 11) is 0. The highest BCUT2D eigenvalue weighted by Crippen LogP contribution is 2.66. The highest BCUT2D eigenvalue weighted by Gasteiger charge is 2.62. The molecule has 0 aromatic heterocycles. The minimum atomic E-state index is -0.274. The Balaban J connectivity index is 0.000000347. The van der Waals surface area contributed by atoms with Crippen LogP contribution in [0, 0.1) is 28.1 Å². The molecule has 0 aromatic rings. The number of hydrogen-bond acceptors (Lipinski definition) is 3. The molecule has 0 N–H and O–H groups in total. The van der Waals surface area contributed by atoms with Gasteiger partial charge in [-0.05, 0) is 37.5 Å². The van der Waals surface area contributed by atoms with Crippen molar-refractivity contribution in [2.75, 3.05) is 0 Å². The van der Waals surface area contributed by atoms with Gasteiger partial charge in [0.05, 0.1) is 6.07 Å². The van der Waals surface area contributed by atoms with Crippen LogP contribution >= 0.6 is 0 Å². The Bertz CT molecular complexity index is 458. The number of fused-ring (bicyclic) bond motifs is 2. The molecule has 0 heterocycles. The van der Waals surface area contributed by atoms with Gasteiger partial charge in [-0.1, -0.05) is 33.9 Å². The van der Waals surface area contributed by atoms with E-state index in [1.165, 1.54) is 18.9 Å². The Morgan fingerprint density at radius 3 is 2.30 bits per heavy atom. The number of carbonyl (C=O) groups is 1. The van der Waals surface area contributed by atoms with Crippen LogP contribution in [-0.4, -0.2) is 12.1 Å². The second-order valence-electron chi connectivity index (χ2n) is 6.63. The lowest BCUT2D eigenvalue weighted by atomic mass is 9.70. The summed E-state index contributed by atoms with van der Waals surface area (Å²) in [5, 5.41) is 7.79. The maximum absolute atomic E-state index is 11.3. The molecule has 0 aliphatic heterocycles. The third kappa shape index (κ3) is 2.80. The summed E-state index contributed by atoms with van der Waals surface area (Å²) in [6.07, 6.45) is 4.85. The minimum Gasteiger partial charge on any atom is -0.459 e. The summed E-state index contributed by atoms with van der Waals surface area (Å²) in [5.74, 6) is 0.440. The molecule has 20 heavy (non-hydrogen) atoms. The first-order chi connectivity index (χ1) is 9.18. The van der Waals surface area contributed by atoms with Gasteiger partial charge in [0.2, 0.25) is 0 Å². The molecule has 2 fully saturated rings. The van der Waals surface area contributed by atoms with Gasteiger partial charge in [-0.2, -0.15) is 5.26 Å². The number of ether oxygens (including phenoxy) is 1. The van der Waals surface area contributed by atoms with Gasteiger partial charge in [-0.25, -0.2) is 4.79 Å². The second kappa shape index (κ2) is 5.83. The Hall–Kier alpha value is -1.56. The van der Waals surface area contributed by atoms with Crippen LogP contribution in [0.3, 0.4) is 0 Å². The first-order valence-corrected chi connectivity index (χ1v) is 7.07. The standard InChI is InChI=1S/C13H20O2.C4H5N/c1-5-11(14)15-10-8-9-6-7-13(10,4)12(9,2)3;1-4(2)3-5/h5,9-10H,1,6-8H2,2-4H3;1H2,2H3/t9-,10?,13-;/m1./s1. The van der Waals surface area contributed by atoms with Crippen molar-refractivity contribution >= 4 is 5.97 Å². The zero-order valence-electron chi connectivity index (χ0n) is 13.0. The van der Waals surface area contributed by atoms with Gasteiger partial charge in [-0.15, -0.1) is 0 Å². The molecule has 0 spiro atoms. The number of allylic oxidation sites excluding steroid dienone is 1. The third-order valence-corrected chi connectivity index (χ3v) is 5.33. The van der Waals surface area contributed by atoms with E-state index in [2.05, 4.69) is 33.9 Å². The minimum absolute atomic E-state index is 0.0942. The van der Waals surface area contributed by atoms with Crippen molar-refractivity contribution in [1.82, 2.24) is 0 Å². The summed E-state index contributed by atoms with van der Waals surface area (Å²) in [6, 6.07) is 1.83. The SMILES string of the molecule is C=C(C)C#N.C=CC(=O)OC1C[C@H]2CC[C@@]1(C)C2(C)C. The summed E-state index contributed by atoms with van der Waals surface area (Å²) in [6.45, 7) is 15.3. The number of esters is 1. The van der Waals surface area contributed by atoms with Gasteiger partial charge in [-0.3, -0.25) is 0 Å². The summed E-state index contributed by atoms with van der Waals surface area (Å²) >= 11 is 0. The van der Waals surface area contributed by atoms with Crippen LogP contribution < -0.4 is 0 Å². The van der Waals surface area contributed by atoms with Crippen LogP contribution in [0.2, 0.25) is 0 Å². The van der Waals surface area contributed by atoms with Crippen LogP contribution in [0.4, 0.5) is 0 Å². The average molecular weight is 275 g/mol. The number of nitriles is 1. The fraction of sp³-hybridized carbons (Fsp3) is 0.647. The quantitative estimate of drug-likeness (QED) is 0.434. The van der Waals surface area contributed by atoms with Crippen molar-refractivity contribution in [2.45, 2.75) is 53.1 Å². The molecule has 3 heteroatoms. The molecule has 2 rings (SSSR count). The summed E-state index contributed by atoms with van der Waals surface area (Å²) in [4.78, 5) is 11.3. The predicted molar refractivity (Wildman–Crippen MR) is 79.7 cm³/mol. The number of carbonyl (C=O) groups excluding carboxylic acids is 1. The smallest absolute Gasteiger partial charge is 0.330 e. The second-order valence-corrected chi connectivity index (χ2v) is 6.63. The van der Waals surface area contributed by atoms with Crippen molar-refractivity contribution in [3.63, 3.8) is 0 Å². The lowest BCUT2D eigenvalue weighted by Gasteiger charge is -2.38. The first kappa shape index (κ1) is 16.5. The van der Waals surface area contributed by atoms with Gasteiger partial charge >= 0.3 is 5.97 Å². The van der Waals surface area contributed by atoms with Crippen LogP contribution in [0.25, 0.3) is 0 Å².